The lowest BCUT2D eigenvalue weighted by molar-refractivity contribution is -0.167. The van der Waals surface area contributed by atoms with Crippen molar-refractivity contribution < 1.29 is 28.6 Å². The first-order valence-corrected chi connectivity index (χ1v) is 26.6. The molecule has 6 nitrogen and oxygen atoms in total. The van der Waals surface area contributed by atoms with E-state index in [1.165, 1.54) is 173 Å². The van der Waals surface area contributed by atoms with Crippen molar-refractivity contribution >= 4 is 17.9 Å². The van der Waals surface area contributed by atoms with Gasteiger partial charge >= 0.3 is 17.9 Å². The molecule has 0 saturated carbocycles. The fourth-order valence-electron chi connectivity index (χ4n) is 8.12. The van der Waals surface area contributed by atoms with Gasteiger partial charge in [0.1, 0.15) is 13.2 Å². The zero-order chi connectivity index (χ0) is 44.2. The van der Waals surface area contributed by atoms with Crippen LogP contribution in [0.1, 0.15) is 292 Å². The molecule has 0 aromatic rings. The van der Waals surface area contributed by atoms with Crippen LogP contribution in [0.3, 0.4) is 0 Å². The molecule has 0 spiro atoms. The SMILES string of the molecule is CC(C)CCCCCCCCCCCCCCCC(=O)OC[C@H](COC(=O)CCCCCCCCCCCC(C)C)OC(=O)CCCCCCCCCCCCCC(C)C. The van der Waals surface area contributed by atoms with E-state index in [1.807, 2.05) is 0 Å². The monoisotopic (exact) mass is 849 g/mol. The molecular formula is C54H104O6. The van der Waals surface area contributed by atoms with Gasteiger partial charge in [0.25, 0.3) is 0 Å². The van der Waals surface area contributed by atoms with Crippen LogP contribution in [0.4, 0.5) is 0 Å². The van der Waals surface area contributed by atoms with Crippen LogP contribution in [0.2, 0.25) is 0 Å². The van der Waals surface area contributed by atoms with E-state index >= 15 is 0 Å². The lowest BCUT2D eigenvalue weighted by Crippen LogP contribution is -2.30. The van der Waals surface area contributed by atoms with E-state index in [9.17, 15) is 14.4 Å². The van der Waals surface area contributed by atoms with Gasteiger partial charge in [0, 0.05) is 19.3 Å². The molecule has 0 aliphatic carbocycles. The lowest BCUT2D eigenvalue weighted by atomic mass is 10.0. The first-order chi connectivity index (χ1) is 29.1. The molecule has 0 N–H and O–H groups in total. The average molecular weight is 849 g/mol. The molecule has 0 radical (unpaired) electrons. The van der Waals surface area contributed by atoms with Gasteiger partial charge in [-0.05, 0) is 37.0 Å². The van der Waals surface area contributed by atoms with Crippen LogP contribution >= 0.6 is 0 Å². The first-order valence-electron chi connectivity index (χ1n) is 26.6. The van der Waals surface area contributed by atoms with Gasteiger partial charge in [0.05, 0.1) is 0 Å². The standard InChI is InChI=1S/C54H104O6/c1-48(2)40-34-28-22-16-11-8-7-9-13-19-25-31-37-43-52(55)58-46-51(47-59-53(56)44-38-32-26-21-15-18-24-30-36-42-50(5)6)60-54(57)45-39-33-27-20-14-10-12-17-23-29-35-41-49(3)4/h48-51H,7-47H2,1-6H3/t51-/m1/s1. The maximum atomic E-state index is 12.8. The molecule has 0 saturated heterocycles. The third-order valence-corrected chi connectivity index (χ3v) is 12.1. The minimum absolute atomic E-state index is 0.0645. The van der Waals surface area contributed by atoms with E-state index in [1.54, 1.807) is 0 Å². The van der Waals surface area contributed by atoms with Gasteiger partial charge in [-0.15, -0.1) is 0 Å². The minimum Gasteiger partial charge on any atom is -0.462 e. The Bertz CT molecular complexity index is 929. The molecule has 0 aliphatic rings. The Labute approximate surface area is 374 Å². The van der Waals surface area contributed by atoms with Gasteiger partial charge in [-0.2, -0.15) is 0 Å². The quantitative estimate of drug-likeness (QED) is 0.0345. The van der Waals surface area contributed by atoms with Crippen LogP contribution in [-0.4, -0.2) is 37.2 Å². The van der Waals surface area contributed by atoms with Crippen molar-refractivity contribution in [1.82, 2.24) is 0 Å². The third-order valence-electron chi connectivity index (χ3n) is 12.1. The summed E-state index contributed by atoms with van der Waals surface area (Å²) in [6.45, 7) is 13.7. The summed E-state index contributed by atoms with van der Waals surface area (Å²) in [4.78, 5) is 38.0. The number of esters is 3. The number of carbonyl (C=O) groups is 3. The highest BCUT2D eigenvalue weighted by Crippen LogP contribution is 2.18. The molecule has 60 heavy (non-hydrogen) atoms. The molecular weight excluding hydrogens is 745 g/mol. The van der Waals surface area contributed by atoms with Crippen LogP contribution in [0, 0.1) is 17.8 Å². The number of carbonyl (C=O) groups excluding carboxylic acids is 3. The van der Waals surface area contributed by atoms with Gasteiger partial charge in [0.15, 0.2) is 6.10 Å². The number of ether oxygens (including phenoxy) is 3. The van der Waals surface area contributed by atoms with Crippen molar-refractivity contribution in [3.8, 4) is 0 Å². The highest BCUT2D eigenvalue weighted by molar-refractivity contribution is 5.71. The second-order valence-corrected chi connectivity index (χ2v) is 19.9. The number of hydrogen-bond acceptors (Lipinski definition) is 6. The van der Waals surface area contributed by atoms with Crippen molar-refractivity contribution in [3.63, 3.8) is 0 Å². The normalized spacial score (nSPS) is 12.2. The van der Waals surface area contributed by atoms with E-state index in [0.717, 1.165) is 75.5 Å². The molecule has 0 aliphatic heterocycles. The van der Waals surface area contributed by atoms with Gasteiger partial charge in [0.2, 0.25) is 0 Å². The molecule has 0 bridgehead atoms. The van der Waals surface area contributed by atoms with Crippen molar-refractivity contribution in [2.24, 2.45) is 17.8 Å². The van der Waals surface area contributed by atoms with Crippen LogP contribution < -0.4 is 0 Å². The van der Waals surface area contributed by atoms with E-state index in [-0.39, 0.29) is 31.1 Å². The largest absolute Gasteiger partial charge is 0.462 e. The molecule has 0 amide bonds. The number of hydrogen-bond donors (Lipinski definition) is 0. The molecule has 6 heteroatoms. The Morgan fingerprint density at radius 3 is 0.717 bits per heavy atom. The van der Waals surface area contributed by atoms with Crippen molar-refractivity contribution in [3.05, 3.63) is 0 Å². The Hall–Kier alpha value is -1.59. The summed E-state index contributed by atoms with van der Waals surface area (Å²) in [5, 5.41) is 0. The number of unbranched alkanes of at least 4 members (excludes halogenated alkanes) is 30. The van der Waals surface area contributed by atoms with Gasteiger partial charge in [-0.25, -0.2) is 0 Å². The maximum Gasteiger partial charge on any atom is 0.306 e. The van der Waals surface area contributed by atoms with Gasteiger partial charge in [-0.3, -0.25) is 14.4 Å². The first kappa shape index (κ1) is 58.4. The van der Waals surface area contributed by atoms with Crippen LogP contribution in [0.15, 0.2) is 0 Å². The summed E-state index contributed by atoms with van der Waals surface area (Å²) in [6, 6.07) is 0. The van der Waals surface area contributed by atoms with E-state index in [0.29, 0.717) is 19.3 Å². The zero-order valence-electron chi connectivity index (χ0n) is 41.3. The van der Waals surface area contributed by atoms with Crippen molar-refractivity contribution in [1.29, 1.82) is 0 Å². The second-order valence-electron chi connectivity index (χ2n) is 19.9. The highest BCUT2D eigenvalue weighted by atomic mass is 16.6. The Morgan fingerprint density at radius 2 is 0.483 bits per heavy atom. The Balaban J connectivity index is 4.31. The lowest BCUT2D eigenvalue weighted by Gasteiger charge is -2.18. The predicted molar refractivity (Wildman–Crippen MR) is 256 cm³/mol. The summed E-state index contributed by atoms with van der Waals surface area (Å²) in [5.74, 6) is 1.62. The maximum absolute atomic E-state index is 12.8. The highest BCUT2D eigenvalue weighted by Gasteiger charge is 2.19. The van der Waals surface area contributed by atoms with Crippen LogP contribution in [0.5, 0.6) is 0 Å². The molecule has 0 heterocycles. The average Bonchev–Trinajstić information content (AvgIpc) is 3.20. The summed E-state index contributed by atoms with van der Waals surface area (Å²) in [7, 11) is 0. The summed E-state index contributed by atoms with van der Waals surface area (Å²) in [5.41, 5.74) is 0. The summed E-state index contributed by atoms with van der Waals surface area (Å²) < 4.78 is 16.8. The third kappa shape index (κ3) is 47.5. The number of rotatable bonds is 47. The molecule has 0 aromatic heterocycles. The molecule has 356 valence electrons. The minimum atomic E-state index is -0.763. The fraction of sp³-hybridized carbons (Fsp3) is 0.944. The molecule has 0 aromatic carbocycles. The Morgan fingerprint density at radius 1 is 0.283 bits per heavy atom. The fourth-order valence-corrected chi connectivity index (χ4v) is 8.12. The summed E-state index contributed by atoms with van der Waals surface area (Å²) in [6.07, 6.45) is 45.2. The molecule has 0 rings (SSSR count). The van der Waals surface area contributed by atoms with Gasteiger partial charge in [-0.1, -0.05) is 253 Å². The smallest absolute Gasteiger partial charge is 0.306 e. The van der Waals surface area contributed by atoms with Crippen LogP contribution in [0.25, 0.3) is 0 Å². The molecule has 0 fully saturated rings. The second kappa shape index (κ2) is 45.4. The molecule has 1 atom stereocenters. The topological polar surface area (TPSA) is 78.9 Å². The van der Waals surface area contributed by atoms with Crippen molar-refractivity contribution in [2.45, 2.75) is 298 Å². The van der Waals surface area contributed by atoms with Gasteiger partial charge < -0.3 is 14.2 Å². The Kier molecular flexibility index (Phi) is 44.2. The van der Waals surface area contributed by atoms with E-state index in [4.69, 9.17) is 14.2 Å². The summed E-state index contributed by atoms with van der Waals surface area (Å²) >= 11 is 0. The van der Waals surface area contributed by atoms with Crippen molar-refractivity contribution in [2.75, 3.05) is 13.2 Å². The van der Waals surface area contributed by atoms with E-state index < -0.39 is 6.10 Å². The van der Waals surface area contributed by atoms with E-state index in [2.05, 4.69) is 41.5 Å². The molecule has 0 unspecified atom stereocenters. The zero-order valence-corrected chi connectivity index (χ0v) is 41.3. The van der Waals surface area contributed by atoms with Crippen LogP contribution in [-0.2, 0) is 28.6 Å². The predicted octanol–water partition coefficient (Wildman–Crippen LogP) is 17.2.